The van der Waals surface area contributed by atoms with Crippen LogP contribution < -0.4 is 5.32 Å². The minimum absolute atomic E-state index is 0.0340. The Balaban J connectivity index is 2.01. The quantitative estimate of drug-likeness (QED) is 0.272. The number of benzene rings is 1. The van der Waals surface area contributed by atoms with E-state index in [0.29, 0.717) is 11.3 Å². The summed E-state index contributed by atoms with van der Waals surface area (Å²) in [6.07, 6.45) is -0.234. The molecule has 2 aromatic rings. The first-order valence-electron chi connectivity index (χ1n) is 8.37. The van der Waals surface area contributed by atoms with Crippen LogP contribution in [0.5, 0.6) is 0 Å². The van der Waals surface area contributed by atoms with Crippen molar-refractivity contribution in [3.05, 3.63) is 51.8 Å². The molecule has 0 spiro atoms. The number of sulfone groups is 1. The Bertz CT molecular complexity index is 1020. The maximum Gasteiger partial charge on any atom is 0.341 e. The molecule has 0 atom stereocenters. The SMILES string of the molecule is CCOC(=O)c1cc([N+](=O)[O-])sc1NC(=O)CCCS(=O)(=O)c1ccc(F)cc1. The molecule has 2 rings (SSSR count). The molecule has 9 nitrogen and oxygen atoms in total. The molecule has 29 heavy (non-hydrogen) atoms. The third-order valence-electron chi connectivity index (χ3n) is 3.64. The van der Waals surface area contributed by atoms with Crippen LogP contribution in [0.2, 0.25) is 0 Å². The molecule has 1 N–H and O–H groups in total. The van der Waals surface area contributed by atoms with E-state index in [2.05, 4.69) is 5.32 Å². The summed E-state index contributed by atoms with van der Waals surface area (Å²) in [5.74, 6) is -2.33. The average molecular weight is 444 g/mol. The lowest BCUT2D eigenvalue weighted by atomic mass is 10.3. The van der Waals surface area contributed by atoms with Crippen LogP contribution in [0.15, 0.2) is 35.2 Å². The number of ether oxygens (including phenoxy) is 1. The van der Waals surface area contributed by atoms with Gasteiger partial charge >= 0.3 is 11.0 Å². The number of esters is 1. The lowest BCUT2D eigenvalue weighted by molar-refractivity contribution is -0.380. The third-order valence-corrected chi connectivity index (χ3v) is 6.46. The third kappa shape index (κ3) is 6.06. The van der Waals surface area contributed by atoms with Crippen LogP contribution in [-0.2, 0) is 19.4 Å². The fourth-order valence-corrected chi connectivity index (χ4v) is 4.48. The molecule has 0 fully saturated rings. The summed E-state index contributed by atoms with van der Waals surface area (Å²) in [4.78, 5) is 34.2. The van der Waals surface area contributed by atoms with Crippen molar-refractivity contribution >= 4 is 43.1 Å². The van der Waals surface area contributed by atoms with E-state index in [1.807, 2.05) is 0 Å². The molecule has 1 aromatic heterocycles. The van der Waals surface area contributed by atoms with Crippen LogP contribution in [0.3, 0.4) is 0 Å². The van der Waals surface area contributed by atoms with Gasteiger partial charge in [0.25, 0.3) is 0 Å². The molecule has 1 amide bonds. The Hall–Kier alpha value is -2.86. The molecule has 0 aliphatic heterocycles. The summed E-state index contributed by atoms with van der Waals surface area (Å²) in [6.45, 7) is 1.62. The average Bonchev–Trinajstić information content (AvgIpc) is 3.06. The van der Waals surface area contributed by atoms with Gasteiger partial charge in [0.15, 0.2) is 9.84 Å². The second-order valence-corrected chi connectivity index (χ2v) is 8.87. The van der Waals surface area contributed by atoms with E-state index in [1.165, 1.54) is 0 Å². The Morgan fingerprint density at radius 2 is 1.93 bits per heavy atom. The van der Waals surface area contributed by atoms with Gasteiger partial charge in [-0.2, -0.15) is 0 Å². The standard InChI is InChI=1S/C17H17FN2O7S2/c1-2-27-17(22)13-10-15(20(23)24)28-16(13)19-14(21)4-3-9-29(25,26)12-7-5-11(18)6-8-12/h5-8,10H,2-4,9H2,1H3,(H,19,21). The number of hydrogen-bond acceptors (Lipinski definition) is 8. The zero-order chi connectivity index (χ0) is 21.6. The number of carbonyl (C=O) groups excluding carboxylic acids is 2. The molecule has 156 valence electrons. The molecule has 0 bridgehead atoms. The summed E-state index contributed by atoms with van der Waals surface area (Å²) in [6, 6.07) is 5.35. The van der Waals surface area contributed by atoms with Gasteiger partial charge in [-0.3, -0.25) is 14.9 Å². The fraction of sp³-hybridized carbons (Fsp3) is 0.294. The molecule has 0 saturated carbocycles. The first kappa shape index (κ1) is 22.4. The van der Waals surface area contributed by atoms with E-state index >= 15 is 0 Å². The molecular weight excluding hydrogens is 427 g/mol. The predicted octanol–water partition coefficient (Wildman–Crippen LogP) is 3.16. The van der Waals surface area contributed by atoms with Gasteiger partial charge in [-0.15, -0.1) is 0 Å². The van der Waals surface area contributed by atoms with Gasteiger partial charge in [0.2, 0.25) is 5.91 Å². The molecular formula is C17H17FN2O7S2. The molecule has 0 unspecified atom stereocenters. The first-order chi connectivity index (χ1) is 13.6. The van der Waals surface area contributed by atoms with E-state index in [1.54, 1.807) is 6.92 Å². The predicted molar refractivity (Wildman–Crippen MR) is 103 cm³/mol. The molecule has 0 aliphatic rings. The number of rotatable bonds is 9. The van der Waals surface area contributed by atoms with Crippen LogP contribution in [0.4, 0.5) is 14.4 Å². The van der Waals surface area contributed by atoms with E-state index in [4.69, 9.17) is 4.74 Å². The van der Waals surface area contributed by atoms with Gasteiger partial charge in [-0.05, 0) is 48.9 Å². The molecule has 0 saturated heterocycles. The maximum absolute atomic E-state index is 12.9. The Labute approximate surface area is 169 Å². The number of nitrogens with one attached hydrogen (secondary N) is 1. The van der Waals surface area contributed by atoms with E-state index < -0.39 is 32.5 Å². The van der Waals surface area contributed by atoms with Crippen LogP contribution in [0.25, 0.3) is 0 Å². The first-order valence-corrected chi connectivity index (χ1v) is 10.8. The smallest absolute Gasteiger partial charge is 0.341 e. The highest BCUT2D eigenvalue weighted by atomic mass is 32.2. The highest BCUT2D eigenvalue weighted by molar-refractivity contribution is 7.91. The van der Waals surface area contributed by atoms with Gasteiger partial charge in [0.1, 0.15) is 16.4 Å². The largest absolute Gasteiger partial charge is 0.462 e. The number of nitro groups is 1. The summed E-state index contributed by atoms with van der Waals surface area (Å²) in [5, 5.41) is 12.9. The van der Waals surface area contributed by atoms with Crippen molar-refractivity contribution in [3.63, 3.8) is 0 Å². The normalized spacial score (nSPS) is 11.1. The van der Waals surface area contributed by atoms with Gasteiger partial charge in [-0.25, -0.2) is 17.6 Å². The zero-order valence-corrected chi connectivity index (χ0v) is 16.8. The van der Waals surface area contributed by atoms with Crippen molar-refractivity contribution in [2.75, 3.05) is 17.7 Å². The lowest BCUT2D eigenvalue weighted by Crippen LogP contribution is -2.15. The van der Waals surface area contributed by atoms with Crippen molar-refractivity contribution in [1.82, 2.24) is 0 Å². The van der Waals surface area contributed by atoms with Crippen molar-refractivity contribution in [2.45, 2.75) is 24.7 Å². The molecule has 1 heterocycles. The summed E-state index contributed by atoms with van der Waals surface area (Å²) >= 11 is 0.602. The minimum Gasteiger partial charge on any atom is -0.462 e. The van der Waals surface area contributed by atoms with Crippen LogP contribution >= 0.6 is 11.3 Å². The highest BCUT2D eigenvalue weighted by Gasteiger charge is 2.24. The number of hydrogen-bond donors (Lipinski definition) is 1. The van der Waals surface area contributed by atoms with Crippen LogP contribution in [0.1, 0.15) is 30.1 Å². The molecule has 1 aromatic carbocycles. The molecule has 0 aliphatic carbocycles. The van der Waals surface area contributed by atoms with E-state index in [0.717, 1.165) is 30.3 Å². The number of amides is 1. The molecule has 12 heteroatoms. The topological polar surface area (TPSA) is 133 Å². The maximum atomic E-state index is 12.9. The number of nitrogens with zero attached hydrogens (tertiary/aromatic N) is 1. The van der Waals surface area contributed by atoms with Gasteiger partial charge in [-0.1, -0.05) is 0 Å². The van der Waals surface area contributed by atoms with Crippen LogP contribution in [-0.4, -0.2) is 37.6 Å². The van der Waals surface area contributed by atoms with Crippen molar-refractivity contribution in [1.29, 1.82) is 0 Å². The summed E-state index contributed by atoms with van der Waals surface area (Å²) in [7, 11) is -3.69. The Morgan fingerprint density at radius 3 is 2.52 bits per heavy atom. The zero-order valence-electron chi connectivity index (χ0n) is 15.2. The highest BCUT2D eigenvalue weighted by Crippen LogP contribution is 2.34. The number of halogens is 1. The van der Waals surface area contributed by atoms with Gasteiger partial charge in [0, 0.05) is 12.5 Å². The van der Waals surface area contributed by atoms with Crippen LogP contribution in [0, 0.1) is 15.9 Å². The van der Waals surface area contributed by atoms with Gasteiger partial charge < -0.3 is 10.1 Å². The van der Waals surface area contributed by atoms with Crippen molar-refractivity contribution in [2.24, 2.45) is 0 Å². The summed E-state index contributed by atoms with van der Waals surface area (Å²) < 4.78 is 42.1. The monoisotopic (exact) mass is 444 g/mol. The number of carbonyl (C=O) groups is 2. The Morgan fingerprint density at radius 1 is 1.28 bits per heavy atom. The lowest BCUT2D eigenvalue weighted by Gasteiger charge is -2.06. The van der Waals surface area contributed by atoms with E-state index in [-0.39, 0.29) is 45.7 Å². The Kier molecular flexibility index (Phi) is 7.40. The second-order valence-electron chi connectivity index (χ2n) is 5.73. The van der Waals surface area contributed by atoms with Crippen molar-refractivity contribution < 1.29 is 32.1 Å². The molecule has 0 radical (unpaired) electrons. The second kappa shape index (κ2) is 9.56. The fourth-order valence-electron chi connectivity index (χ4n) is 2.29. The van der Waals surface area contributed by atoms with E-state index in [9.17, 15) is 32.5 Å². The van der Waals surface area contributed by atoms with Crippen molar-refractivity contribution in [3.8, 4) is 0 Å². The number of anilines is 1. The number of thiophene rings is 1. The minimum atomic E-state index is -3.69. The summed E-state index contributed by atoms with van der Waals surface area (Å²) in [5.41, 5.74) is -0.143. The van der Waals surface area contributed by atoms with Gasteiger partial charge in [0.05, 0.1) is 22.2 Å².